The zero-order valence-electron chi connectivity index (χ0n) is 6.16. The summed E-state index contributed by atoms with van der Waals surface area (Å²) in [6.45, 7) is 4.35. The zero-order valence-corrected chi connectivity index (χ0v) is 6.98. The molecule has 0 radical (unpaired) electrons. The molecule has 10 heavy (non-hydrogen) atoms. The number of allylic oxidation sites excluding steroid dienone is 1. The van der Waals surface area contributed by atoms with Crippen molar-refractivity contribution in [1.29, 1.82) is 0 Å². The van der Waals surface area contributed by atoms with Gasteiger partial charge in [0.1, 0.15) is 6.01 Å². The first kappa shape index (κ1) is 7.58. The summed E-state index contributed by atoms with van der Waals surface area (Å²) in [5.74, 6) is 0.662. The van der Waals surface area contributed by atoms with Crippen LogP contribution < -0.4 is 0 Å². The minimum Gasteiger partial charge on any atom is -0.191 e. The molecule has 0 aliphatic carbocycles. The van der Waals surface area contributed by atoms with E-state index in [2.05, 4.69) is 29.2 Å². The van der Waals surface area contributed by atoms with Gasteiger partial charge < -0.3 is 0 Å². The lowest BCUT2D eigenvalue weighted by molar-refractivity contribution is 0.640. The molecule has 0 aromatic carbocycles. The molecule has 1 aliphatic rings. The van der Waals surface area contributed by atoms with Crippen molar-refractivity contribution in [3.63, 3.8) is 0 Å². The summed E-state index contributed by atoms with van der Waals surface area (Å²) in [6, 6.07) is 2.58. The summed E-state index contributed by atoms with van der Waals surface area (Å²) in [5, 5.41) is 1.97. The van der Waals surface area contributed by atoms with Gasteiger partial charge in [-0.1, -0.05) is 13.8 Å². The van der Waals surface area contributed by atoms with Gasteiger partial charge in [-0.15, -0.1) is 4.40 Å². The monoisotopic (exact) mass is 154 g/mol. The first-order valence-corrected chi connectivity index (χ1v) is 4.13. The highest BCUT2D eigenvalue weighted by Gasteiger charge is 2.00. The summed E-state index contributed by atoms with van der Waals surface area (Å²) in [6.07, 6.45) is 1.02. The second-order valence-corrected chi connectivity index (χ2v) is 3.24. The van der Waals surface area contributed by atoms with Gasteiger partial charge in [0.15, 0.2) is 0 Å². The SMILES string of the molecule is CC(C)CC1=CSN=C=N1. The van der Waals surface area contributed by atoms with E-state index in [0.717, 1.165) is 12.1 Å². The van der Waals surface area contributed by atoms with Crippen LogP contribution in [0.15, 0.2) is 20.5 Å². The molecule has 3 heteroatoms. The fraction of sp³-hybridized carbons (Fsp3) is 0.571. The Kier molecular flexibility index (Phi) is 2.72. The molecule has 0 saturated heterocycles. The minimum absolute atomic E-state index is 0.662. The molecular weight excluding hydrogens is 144 g/mol. The van der Waals surface area contributed by atoms with E-state index in [1.807, 2.05) is 5.41 Å². The topological polar surface area (TPSA) is 24.7 Å². The Hall–Kier alpha value is -0.530. The molecule has 0 unspecified atom stereocenters. The average molecular weight is 154 g/mol. The van der Waals surface area contributed by atoms with Crippen molar-refractivity contribution >= 4 is 18.0 Å². The van der Waals surface area contributed by atoms with E-state index in [1.54, 1.807) is 0 Å². The van der Waals surface area contributed by atoms with Crippen LogP contribution in [0.4, 0.5) is 0 Å². The van der Waals surface area contributed by atoms with Crippen LogP contribution >= 0.6 is 11.9 Å². The lowest BCUT2D eigenvalue weighted by atomic mass is 10.1. The minimum atomic E-state index is 0.662. The van der Waals surface area contributed by atoms with Crippen LogP contribution in [0.2, 0.25) is 0 Å². The fourth-order valence-electron chi connectivity index (χ4n) is 0.734. The molecule has 0 bridgehead atoms. The van der Waals surface area contributed by atoms with Crippen LogP contribution in [0.25, 0.3) is 0 Å². The zero-order chi connectivity index (χ0) is 7.40. The van der Waals surface area contributed by atoms with Crippen LogP contribution in [0, 0.1) is 5.92 Å². The number of hydrogen-bond donors (Lipinski definition) is 0. The Bertz CT molecular complexity index is 200. The first-order chi connectivity index (χ1) is 4.79. The predicted molar refractivity (Wildman–Crippen MR) is 45.0 cm³/mol. The highest BCUT2D eigenvalue weighted by molar-refractivity contribution is 8.01. The van der Waals surface area contributed by atoms with Gasteiger partial charge in [-0.05, 0) is 12.3 Å². The van der Waals surface area contributed by atoms with Gasteiger partial charge >= 0.3 is 0 Å². The normalized spacial score (nSPS) is 16.1. The summed E-state index contributed by atoms with van der Waals surface area (Å²) >= 11 is 1.40. The summed E-state index contributed by atoms with van der Waals surface area (Å²) in [7, 11) is 0. The van der Waals surface area contributed by atoms with Crippen LogP contribution in [-0.2, 0) is 0 Å². The third-order valence-electron chi connectivity index (χ3n) is 1.09. The van der Waals surface area contributed by atoms with Crippen molar-refractivity contribution in [2.45, 2.75) is 20.3 Å². The predicted octanol–water partition coefficient (Wildman–Crippen LogP) is 2.71. The molecular formula is C7H10N2S. The Morgan fingerprint density at radius 2 is 2.50 bits per heavy atom. The van der Waals surface area contributed by atoms with Crippen LogP contribution in [-0.4, -0.2) is 6.01 Å². The number of nitrogens with zero attached hydrogens (tertiary/aromatic N) is 2. The Morgan fingerprint density at radius 3 is 3.00 bits per heavy atom. The van der Waals surface area contributed by atoms with Gasteiger partial charge in [0.2, 0.25) is 0 Å². The van der Waals surface area contributed by atoms with Crippen molar-refractivity contribution in [2.75, 3.05) is 0 Å². The molecule has 1 rings (SSSR count). The van der Waals surface area contributed by atoms with E-state index in [4.69, 9.17) is 0 Å². The largest absolute Gasteiger partial charge is 0.191 e. The summed E-state index contributed by atoms with van der Waals surface area (Å²) < 4.78 is 3.76. The Balaban J connectivity index is 2.50. The highest BCUT2D eigenvalue weighted by atomic mass is 32.2. The molecule has 0 fully saturated rings. The average Bonchev–Trinajstić information content (AvgIpc) is 1.88. The third kappa shape index (κ3) is 2.38. The molecule has 0 saturated carbocycles. The molecule has 0 spiro atoms. The molecule has 0 aromatic heterocycles. The molecule has 0 amide bonds. The van der Waals surface area contributed by atoms with E-state index in [-0.39, 0.29) is 0 Å². The van der Waals surface area contributed by atoms with E-state index >= 15 is 0 Å². The quantitative estimate of drug-likeness (QED) is 0.561. The van der Waals surface area contributed by atoms with Gasteiger partial charge in [-0.3, -0.25) is 0 Å². The molecule has 0 atom stereocenters. The second kappa shape index (κ2) is 3.59. The summed E-state index contributed by atoms with van der Waals surface area (Å²) in [4.78, 5) is 3.99. The van der Waals surface area contributed by atoms with Crippen LogP contribution in [0.3, 0.4) is 0 Å². The van der Waals surface area contributed by atoms with Crippen molar-refractivity contribution in [2.24, 2.45) is 15.3 Å². The van der Waals surface area contributed by atoms with E-state index in [1.165, 1.54) is 11.9 Å². The standard InChI is InChI=1S/C7H10N2S/c1-6(2)3-7-4-10-9-5-8-7/h4,6H,3H2,1-2H3. The molecule has 54 valence electrons. The number of hydrogen-bond acceptors (Lipinski definition) is 3. The maximum absolute atomic E-state index is 3.99. The van der Waals surface area contributed by atoms with Crippen molar-refractivity contribution in [3.05, 3.63) is 11.1 Å². The van der Waals surface area contributed by atoms with Crippen molar-refractivity contribution < 1.29 is 0 Å². The van der Waals surface area contributed by atoms with E-state index in [9.17, 15) is 0 Å². The van der Waals surface area contributed by atoms with E-state index < -0.39 is 0 Å². The Morgan fingerprint density at radius 1 is 1.70 bits per heavy atom. The molecule has 0 N–H and O–H groups in total. The molecule has 2 nitrogen and oxygen atoms in total. The second-order valence-electron chi connectivity index (χ2n) is 2.62. The van der Waals surface area contributed by atoms with Crippen molar-refractivity contribution in [1.82, 2.24) is 0 Å². The van der Waals surface area contributed by atoms with Gasteiger partial charge in [-0.25, -0.2) is 0 Å². The van der Waals surface area contributed by atoms with Gasteiger partial charge in [0, 0.05) is 17.4 Å². The molecule has 1 aliphatic heterocycles. The lowest BCUT2D eigenvalue weighted by Crippen LogP contribution is -1.89. The third-order valence-corrected chi connectivity index (χ3v) is 1.66. The van der Waals surface area contributed by atoms with Crippen LogP contribution in [0.1, 0.15) is 20.3 Å². The Labute approximate surface area is 65.3 Å². The maximum atomic E-state index is 3.99. The van der Waals surface area contributed by atoms with Crippen LogP contribution in [0.5, 0.6) is 0 Å². The number of aliphatic imine (C=N–C) groups is 1. The smallest absolute Gasteiger partial charge is 0.107 e. The highest BCUT2D eigenvalue weighted by Crippen LogP contribution is 2.18. The van der Waals surface area contributed by atoms with E-state index in [0.29, 0.717) is 5.92 Å². The maximum Gasteiger partial charge on any atom is 0.107 e. The number of rotatable bonds is 2. The van der Waals surface area contributed by atoms with Gasteiger partial charge in [-0.2, -0.15) is 4.99 Å². The fourth-order valence-corrected chi connectivity index (χ4v) is 1.15. The molecule has 0 aromatic rings. The van der Waals surface area contributed by atoms with Crippen molar-refractivity contribution in [3.8, 4) is 0 Å². The summed E-state index contributed by atoms with van der Waals surface area (Å²) in [5.41, 5.74) is 1.09. The molecule has 1 heterocycles. The lowest BCUT2D eigenvalue weighted by Gasteiger charge is -2.03. The van der Waals surface area contributed by atoms with Gasteiger partial charge in [0.05, 0.1) is 5.70 Å². The first-order valence-electron chi connectivity index (χ1n) is 3.29. The van der Waals surface area contributed by atoms with Gasteiger partial charge in [0.25, 0.3) is 0 Å².